The Hall–Kier alpha value is -1.29. The number of hydrogen-bond acceptors (Lipinski definition) is 4. The summed E-state index contributed by atoms with van der Waals surface area (Å²) in [5.74, 6) is 1.20. The summed E-state index contributed by atoms with van der Waals surface area (Å²) in [6.07, 6.45) is 0.969. The molecule has 0 spiro atoms. The zero-order valence-corrected chi connectivity index (χ0v) is 10.2. The topological polar surface area (TPSA) is 43.4 Å². The Balaban J connectivity index is 2.21. The lowest BCUT2D eigenvalue weighted by Gasteiger charge is -2.09. The maximum absolute atomic E-state index is 5.50. The van der Waals surface area contributed by atoms with Crippen LogP contribution in [0.4, 0.5) is 0 Å². The number of hydrogen-bond donors (Lipinski definition) is 1. The van der Waals surface area contributed by atoms with Gasteiger partial charge in [0.2, 0.25) is 11.8 Å². The van der Waals surface area contributed by atoms with Crippen molar-refractivity contribution in [3.63, 3.8) is 0 Å². The predicted molar refractivity (Wildman–Crippen MR) is 64.0 cm³/mol. The molecule has 4 heteroatoms. The predicted octanol–water partition coefficient (Wildman–Crippen LogP) is 1.86. The number of rotatable bonds is 7. The maximum Gasteiger partial charge on any atom is 0.216 e. The Kier molecular flexibility index (Phi) is 5.64. The third-order valence-corrected chi connectivity index (χ3v) is 2.03. The van der Waals surface area contributed by atoms with Crippen LogP contribution in [0.2, 0.25) is 0 Å². The molecule has 0 radical (unpaired) electrons. The van der Waals surface area contributed by atoms with Crippen molar-refractivity contribution in [3.8, 4) is 11.8 Å². The first kappa shape index (κ1) is 12.8. The first-order chi connectivity index (χ1) is 7.72. The van der Waals surface area contributed by atoms with Crippen molar-refractivity contribution >= 4 is 0 Å². The molecule has 0 aliphatic carbocycles. The fourth-order valence-corrected chi connectivity index (χ4v) is 1.23. The van der Waals surface area contributed by atoms with Crippen molar-refractivity contribution in [1.29, 1.82) is 0 Å². The van der Waals surface area contributed by atoms with Crippen LogP contribution in [0.25, 0.3) is 0 Å². The summed E-state index contributed by atoms with van der Waals surface area (Å²) in [7, 11) is 1.60. The van der Waals surface area contributed by atoms with Gasteiger partial charge >= 0.3 is 0 Å². The van der Waals surface area contributed by atoms with Crippen molar-refractivity contribution in [2.24, 2.45) is 0 Å². The van der Waals surface area contributed by atoms with Crippen LogP contribution in [0.5, 0.6) is 11.8 Å². The minimum absolute atomic E-state index is 0.523. The van der Waals surface area contributed by atoms with Gasteiger partial charge < -0.3 is 14.8 Å². The highest BCUT2D eigenvalue weighted by atomic mass is 16.5. The molecule has 16 heavy (non-hydrogen) atoms. The fraction of sp³-hybridized carbons (Fsp3) is 0.583. The van der Waals surface area contributed by atoms with E-state index in [1.807, 2.05) is 12.1 Å². The van der Waals surface area contributed by atoms with E-state index in [1.54, 1.807) is 13.2 Å². The Bertz CT molecular complexity index is 303. The van der Waals surface area contributed by atoms with Gasteiger partial charge in [-0.05, 0) is 13.0 Å². The molecular weight excluding hydrogens is 204 g/mol. The molecule has 0 saturated carbocycles. The summed E-state index contributed by atoms with van der Waals surface area (Å²) in [4.78, 5) is 4.16. The van der Waals surface area contributed by atoms with E-state index in [9.17, 15) is 0 Å². The molecule has 0 aliphatic heterocycles. The summed E-state index contributed by atoms with van der Waals surface area (Å²) in [6, 6.07) is 6.02. The third-order valence-electron chi connectivity index (χ3n) is 2.03. The highest BCUT2D eigenvalue weighted by molar-refractivity contribution is 5.19. The van der Waals surface area contributed by atoms with Gasteiger partial charge in [0, 0.05) is 18.2 Å². The molecule has 1 rings (SSSR count). The molecular formula is C12H20N2O2. The Morgan fingerprint density at radius 3 is 2.75 bits per heavy atom. The Morgan fingerprint density at radius 2 is 2.06 bits per heavy atom. The van der Waals surface area contributed by atoms with Crippen molar-refractivity contribution in [2.45, 2.75) is 26.3 Å². The standard InChI is InChI=1S/C12H20N2O2/c1-10(2)13-8-5-9-16-12-7-4-6-11(14-12)15-3/h4,6-7,10,13H,5,8-9H2,1-3H3. The molecule has 0 unspecified atom stereocenters. The second kappa shape index (κ2) is 7.06. The molecule has 1 aromatic rings. The van der Waals surface area contributed by atoms with E-state index in [0.717, 1.165) is 13.0 Å². The second-order valence-corrected chi connectivity index (χ2v) is 3.83. The zero-order valence-electron chi connectivity index (χ0n) is 10.2. The number of ether oxygens (including phenoxy) is 2. The summed E-state index contributed by atoms with van der Waals surface area (Å²) in [6.45, 7) is 5.89. The van der Waals surface area contributed by atoms with E-state index in [0.29, 0.717) is 24.4 Å². The molecule has 90 valence electrons. The van der Waals surface area contributed by atoms with E-state index in [-0.39, 0.29) is 0 Å². The number of aromatic nitrogens is 1. The second-order valence-electron chi connectivity index (χ2n) is 3.83. The minimum Gasteiger partial charge on any atom is -0.481 e. The molecule has 0 saturated heterocycles. The van der Waals surface area contributed by atoms with Gasteiger partial charge in [0.15, 0.2) is 0 Å². The van der Waals surface area contributed by atoms with Crippen LogP contribution < -0.4 is 14.8 Å². The number of methoxy groups -OCH3 is 1. The van der Waals surface area contributed by atoms with E-state index in [1.165, 1.54) is 0 Å². The zero-order chi connectivity index (χ0) is 11.8. The average molecular weight is 224 g/mol. The van der Waals surface area contributed by atoms with Gasteiger partial charge in [0.25, 0.3) is 0 Å². The van der Waals surface area contributed by atoms with Crippen molar-refractivity contribution in [1.82, 2.24) is 10.3 Å². The van der Waals surface area contributed by atoms with Gasteiger partial charge in [-0.3, -0.25) is 0 Å². The molecule has 0 aliphatic rings. The first-order valence-corrected chi connectivity index (χ1v) is 5.59. The van der Waals surface area contributed by atoms with Crippen LogP contribution >= 0.6 is 0 Å². The molecule has 0 fully saturated rings. The van der Waals surface area contributed by atoms with Crippen LogP contribution in [0.15, 0.2) is 18.2 Å². The first-order valence-electron chi connectivity index (χ1n) is 5.59. The summed E-state index contributed by atoms with van der Waals surface area (Å²) in [5, 5.41) is 3.33. The normalized spacial score (nSPS) is 10.5. The van der Waals surface area contributed by atoms with E-state index >= 15 is 0 Å². The van der Waals surface area contributed by atoms with Crippen LogP contribution in [-0.2, 0) is 0 Å². The van der Waals surface area contributed by atoms with Crippen LogP contribution in [0.1, 0.15) is 20.3 Å². The quantitative estimate of drug-likeness (QED) is 0.718. The number of nitrogens with zero attached hydrogens (tertiary/aromatic N) is 1. The van der Waals surface area contributed by atoms with Crippen molar-refractivity contribution < 1.29 is 9.47 Å². The molecule has 4 nitrogen and oxygen atoms in total. The van der Waals surface area contributed by atoms with E-state index in [2.05, 4.69) is 24.1 Å². The lowest BCUT2D eigenvalue weighted by molar-refractivity contribution is 0.289. The van der Waals surface area contributed by atoms with Crippen LogP contribution in [0.3, 0.4) is 0 Å². The average Bonchev–Trinajstić information content (AvgIpc) is 2.28. The highest BCUT2D eigenvalue weighted by Crippen LogP contribution is 2.12. The van der Waals surface area contributed by atoms with Gasteiger partial charge in [-0.25, -0.2) is 0 Å². The molecule has 0 atom stereocenters. The maximum atomic E-state index is 5.50. The molecule has 1 heterocycles. The van der Waals surface area contributed by atoms with Crippen molar-refractivity contribution in [2.75, 3.05) is 20.3 Å². The largest absolute Gasteiger partial charge is 0.481 e. The summed E-state index contributed by atoms with van der Waals surface area (Å²) in [5.41, 5.74) is 0. The van der Waals surface area contributed by atoms with Crippen LogP contribution in [-0.4, -0.2) is 31.3 Å². The molecule has 0 bridgehead atoms. The molecule has 1 aromatic heterocycles. The summed E-state index contributed by atoms with van der Waals surface area (Å²) >= 11 is 0. The van der Waals surface area contributed by atoms with Gasteiger partial charge in [0.05, 0.1) is 13.7 Å². The monoisotopic (exact) mass is 224 g/mol. The summed E-state index contributed by atoms with van der Waals surface area (Å²) < 4.78 is 10.5. The highest BCUT2D eigenvalue weighted by Gasteiger charge is 1.98. The fourth-order valence-electron chi connectivity index (χ4n) is 1.23. The number of nitrogens with one attached hydrogen (secondary N) is 1. The molecule has 1 N–H and O–H groups in total. The molecule has 0 aromatic carbocycles. The number of pyridine rings is 1. The van der Waals surface area contributed by atoms with E-state index < -0.39 is 0 Å². The van der Waals surface area contributed by atoms with Gasteiger partial charge in [-0.2, -0.15) is 4.98 Å². The molecule has 0 amide bonds. The van der Waals surface area contributed by atoms with E-state index in [4.69, 9.17) is 9.47 Å². The SMILES string of the molecule is COc1cccc(OCCCNC(C)C)n1. The minimum atomic E-state index is 0.523. The van der Waals surface area contributed by atoms with Crippen LogP contribution in [0, 0.1) is 0 Å². The van der Waals surface area contributed by atoms with Crippen molar-refractivity contribution in [3.05, 3.63) is 18.2 Å². The Morgan fingerprint density at radius 1 is 1.31 bits per heavy atom. The smallest absolute Gasteiger partial charge is 0.216 e. The van der Waals surface area contributed by atoms with Gasteiger partial charge in [-0.15, -0.1) is 0 Å². The Labute approximate surface area is 97.0 Å². The lowest BCUT2D eigenvalue weighted by atomic mass is 10.3. The van der Waals surface area contributed by atoms with Gasteiger partial charge in [-0.1, -0.05) is 19.9 Å². The lowest BCUT2D eigenvalue weighted by Crippen LogP contribution is -2.24. The third kappa shape index (κ3) is 4.98. The van der Waals surface area contributed by atoms with Gasteiger partial charge in [0.1, 0.15) is 0 Å².